The van der Waals surface area contributed by atoms with Gasteiger partial charge in [-0.15, -0.1) is 0 Å². The summed E-state index contributed by atoms with van der Waals surface area (Å²) >= 11 is 0. The van der Waals surface area contributed by atoms with E-state index < -0.39 is 47.5 Å². The quantitative estimate of drug-likeness (QED) is 0.448. The predicted octanol–water partition coefficient (Wildman–Crippen LogP) is 2.63. The molecule has 0 aromatic carbocycles. The fraction of sp³-hybridized carbons (Fsp3) is 0.800. The van der Waals surface area contributed by atoms with E-state index >= 15 is 0 Å². The first kappa shape index (κ1) is 22.2. The van der Waals surface area contributed by atoms with Gasteiger partial charge >= 0.3 is 23.9 Å². The second-order valence-corrected chi connectivity index (χ2v) is 7.71. The van der Waals surface area contributed by atoms with Crippen molar-refractivity contribution in [3.63, 3.8) is 0 Å². The number of ether oxygens (including phenoxy) is 2. The molecule has 0 spiro atoms. The Bertz CT molecular complexity index is 523. The lowest BCUT2D eigenvalue weighted by molar-refractivity contribution is -0.160. The number of carbonyl (C=O) groups excluding carboxylic acids is 2. The Morgan fingerprint density at radius 1 is 0.607 bits per heavy atom. The van der Waals surface area contributed by atoms with Gasteiger partial charge in [0, 0.05) is 0 Å². The molecular weight excluding hydrogens is 368 g/mol. The number of hydrogen-bond donors (Lipinski definition) is 2. The Kier molecular flexibility index (Phi) is 8.73. The summed E-state index contributed by atoms with van der Waals surface area (Å²) in [5, 5.41) is 18.4. The monoisotopic (exact) mass is 398 g/mol. The van der Waals surface area contributed by atoms with E-state index in [1.165, 1.54) is 0 Å². The van der Waals surface area contributed by atoms with E-state index in [1.807, 2.05) is 0 Å². The van der Waals surface area contributed by atoms with Crippen molar-refractivity contribution in [2.75, 3.05) is 13.2 Å². The molecule has 2 N–H and O–H groups in total. The molecule has 0 aromatic heterocycles. The summed E-state index contributed by atoms with van der Waals surface area (Å²) in [6.07, 6.45) is 6.38. The Morgan fingerprint density at radius 2 is 0.929 bits per heavy atom. The van der Waals surface area contributed by atoms with Gasteiger partial charge in [-0.25, -0.2) is 0 Å². The third kappa shape index (κ3) is 6.21. The maximum absolute atomic E-state index is 12.1. The van der Waals surface area contributed by atoms with Crippen LogP contribution in [0.4, 0.5) is 0 Å². The molecule has 0 bridgehead atoms. The molecule has 0 aliphatic heterocycles. The first-order valence-corrected chi connectivity index (χ1v) is 10.2. The zero-order chi connectivity index (χ0) is 20.5. The van der Waals surface area contributed by atoms with Crippen LogP contribution in [-0.4, -0.2) is 47.3 Å². The lowest BCUT2D eigenvalue weighted by Gasteiger charge is -2.27. The van der Waals surface area contributed by atoms with Gasteiger partial charge in [0.1, 0.15) is 0 Å². The van der Waals surface area contributed by atoms with E-state index in [0.717, 1.165) is 25.7 Å². The van der Waals surface area contributed by atoms with Crippen LogP contribution in [0.5, 0.6) is 0 Å². The molecule has 8 nitrogen and oxygen atoms in total. The standard InChI is InChI=1S/C20H30O8/c21-17(22)13-7-1-3-9-15(13)19(25)27-11-5-6-12-28-20(26)16-10-4-2-8-14(16)18(23)24/h13-16H,1-12H2,(H,21,22)(H,23,24)/t13-,14-,15+,16+/m1/s1. The molecule has 158 valence electrons. The van der Waals surface area contributed by atoms with Crippen molar-refractivity contribution in [3.8, 4) is 0 Å². The molecule has 28 heavy (non-hydrogen) atoms. The van der Waals surface area contributed by atoms with E-state index in [-0.39, 0.29) is 13.2 Å². The van der Waals surface area contributed by atoms with Crippen LogP contribution < -0.4 is 0 Å². The third-order valence-corrected chi connectivity index (χ3v) is 5.80. The van der Waals surface area contributed by atoms with Gasteiger partial charge in [-0.1, -0.05) is 25.7 Å². The van der Waals surface area contributed by atoms with Crippen molar-refractivity contribution < 1.29 is 38.9 Å². The van der Waals surface area contributed by atoms with Gasteiger partial charge in [0.2, 0.25) is 0 Å². The lowest BCUT2D eigenvalue weighted by Crippen LogP contribution is -2.34. The van der Waals surface area contributed by atoms with Crippen LogP contribution in [-0.2, 0) is 28.7 Å². The van der Waals surface area contributed by atoms with E-state index in [1.54, 1.807) is 0 Å². The number of carbonyl (C=O) groups is 4. The summed E-state index contributed by atoms with van der Waals surface area (Å²) in [5.74, 6) is -5.32. The first-order valence-electron chi connectivity index (χ1n) is 10.2. The highest BCUT2D eigenvalue weighted by Gasteiger charge is 2.37. The fourth-order valence-electron chi connectivity index (χ4n) is 4.18. The number of hydrogen-bond acceptors (Lipinski definition) is 6. The molecule has 0 heterocycles. The van der Waals surface area contributed by atoms with E-state index in [9.17, 15) is 29.4 Å². The van der Waals surface area contributed by atoms with Crippen LogP contribution in [0.25, 0.3) is 0 Å². The summed E-state index contributed by atoms with van der Waals surface area (Å²) in [4.78, 5) is 46.8. The van der Waals surface area contributed by atoms with E-state index in [0.29, 0.717) is 38.5 Å². The van der Waals surface area contributed by atoms with E-state index in [4.69, 9.17) is 9.47 Å². The van der Waals surface area contributed by atoms with Gasteiger partial charge in [-0.05, 0) is 38.5 Å². The van der Waals surface area contributed by atoms with Crippen LogP contribution in [0, 0.1) is 23.7 Å². The zero-order valence-corrected chi connectivity index (χ0v) is 16.1. The lowest BCUT2D eigenvalue weighted by atomic mass is 9.79. The fourth-order valence-corrected chi connectivity index (χ4v) is 4.18. The molecule has 0 amide bonds. The Hall–Kier alpha value is -2.12. The molecule has 2 aliphatic carbocycles. The third-order valence-electron chi connectivity index (χ3n) is 5.80. The average molecular weight is 398 g/mol. The van der Waals surface area contributed by atoms with Crippen LogP contribution in [0.1, 0.15) is 64.2 Å². The van der Waals surface area contributed by atoms with Crippen LogP contribution in [0.15, 0.2) is 0 Å². The Labute approximate surface area is 164 Å². The number of rotatable bonds is 9. The highest BCUT2D eigenvalue weighted by atomic mass is 16.5. The molecule has 0 aromatic rings. The number of unbranched alkanes of at least 4 members (excludes halogenated alkanes) is 1. The Balaban J connectivity index is 1.63. The van der Waals surface area contributed by atoms with Gasteiger partial charge in [0.25, 0.3) is 0 Å². The van der Waals surface area contributed by atoms with Crippen LogP contribution in [0.3, 0.4) is 0 Å². The smallest absolute Gasteiger partial charge is 0.309 e. The van der Waals surface area contributed by atoms with Gasteiger partial charge in [0.05, 0.1) is 36.9 Å². The summed E-state index contributed by atoms with van der Waals surface area (Å²) in [6.45, 7) is 0.306. The highest BCUT2D eigenvalue weighted by molar-refractivity contribution is 5.82. The van der Waals surface area contributed by atoms with Crippen LogP contribution >= 0.6 is 0 Å². The van der Waals surface area contributed by atoms with Gasteiger partial charge in [0.15, 0.2) is 0 Å². The molecule has 2 aliphatic rings. The number of carboxylic acids is 2. The maximum atomic E-state index is 12.1. The van der Waals surface area contributed by atoms with Gasteiger partial charge < -0.3 is 19.7 Å². The molecule has 0 saturated heterocycles. The van der Waals surface area contributed by atoms with Crippen molar-refractivity contribution in [1.29, 1.82) is 0 Å². The van der Waals surface area contributed by atoms with Gasteiger partial charge in [-0.2, -0.15) is 0 Å². The average Bonchev–Trinajstić information content (AvgIpc) is 2.70. The molecule has 2 fully saturated rings. The molecule has 0 unspecified atom stereocenters. The largest absolute Gasteiger partial charge is 0.481 e. The normalized spacial score (nSPS) is 27.6. The first-order chi connectivity index (χ1) is 13.4. The SMILES string of the molecule is O=C(OCCCCOC(=O)[C@H]1CCCC[C@H]1C(=O)O)[C@H]1CCCC[C@H]1C(=O)O. The van der Waals surface area contributed by atoms with Crippen molar-refractivity contribution in [2.24, 2.45) is 23.7 Å². The molecule has 4 atom stereocenters. The minimum Gasteiger partial charge on any atom is -0.481 e. The molecule has 2 rings (SSSR count). The number of carboxylic acid groups (broad SMARTS) is 2. The molecule has 2 saturated carbocycles. The molecule has 8 heteroatoms. The molecule has 0 radical (unpaired) electrons. The summed E-state index contributed by atoms with van der Waals surface area (Å²) in [6, 6.07) is 0. The predicted molar refractivity (Wildman–Crippen MR) is 97.3 cm³/mol. The second-order valence-electron chi connectivity index (χ2n) is 7.71. The minimum atomic E-state index is -0.948. The second kappa shape index (κ2) is 11.0. The molecular formula is C20H30O8. The Morgan fingerprint density at radius 3 is 1.25 bits per heavy atom. The van der Waals surface area contributed by atoms with Crippen molar-refractivity contribution in [3.05, 3.63) is 0 Å². The van der Waals surface area contributed by atoms with Gasteiger partial charge in [-0.3, -0.25) is 19.2 Å². The number of esters is 2. The summed E-state index contributed by atoms with van der Waals surface area (Å²) in [5.41, 5.74) is 0. The van der Waals surface area contributed by atoms with Crippen molar-refractivity contribution >= 4 is 23.9 Å². The van der Waals surface area contributed by atoms with E-state index in [2.05, 4.69) is 0 Å². The summed E-state index contributed by atoms with van der Waals surface area (Å²) < 4.78 is 10.4. The highest BCUT2D eigenvalue weighted by Crippen LogP contribution is 2.32. The van der Waals surface area contributed by atoms with Crippen LogP contribution in [0.2, 0.25) is 0 Å². The van der Waals surface area contributed by atoms with Crippen molar-refractivity contribution in [2.45, 2.75) is 64.2 Å². The maximum Gasteiger partial charge on any atom is 0.309 e. The topological polar surface area (TPSA) is 127 Å². The number of aliphatic carboxylic acids is 2. The zero-order valence-electron chi connectivity index (χ0n) is 16.1. The minimum absolute atomic E-state index is 0.153. The summed E-state index contributed by atoms with van der Waals surface area (Å²) in [7, 11) is 0. The van der Waals surface area contributed by atoms with Crippen molar-refractivity contribution in [1.82, 2.24) is 0 Å².